The van der Waals surface area contributed by atoms with Gasteiger partial charge in [-0.1, -0.05) is 0 Å². The van der Waals surface area contributed by atoms with E-state index in [0.717, 1.165) is 17.1 Å². The van der Waals surface area contributed by atoms with Gasteiger partial charge in [0.2, 0.25) is 0 Å². The molecular weight excluding hydrogens is 238 g/mol. The standard InChI is InChI=1S/C9H15N7S/c1-6-5-17-9(11-6)4-7(12-10)3-8-13-15-16(2)14-8/h5,7,12H,3-4,10H2,1-2H3. The molecule has 0 bridgehead atoms. The lowest BCUT2D eigenvalue weighted by Gasteiger charge is -2.11. The maximum absolute atomic E-state index is 5.53. The molecule has 3 N–H and O–H groups in total. The van der Waals surface area contributed by atoms with Crippen LogP contribution in [0, 0.1) is 6.92 Å². The first-order valence-electron chi connectivity index (χ1n) is 5.27. The van der Waals surface area contributed by atoms with Crippen LogP contribution in [-0.2, 0) is 19.9 Å². The van der Waals surface area contributed by atoms with Crippen LogP contribution in [-0.4, -0.2) is 31.2 Å². The summed E-state index contributed by atoms with van der Waals surface area (Å²) in [5.74, 6) is 6.21. The van der Waals surface area contributed by atoms with Crippen LogP contribution in [0.5, 0.6) is 0 Å². The summed E-state index contributed by atoms with van der Waals surface area (Å²) in [6.07, 6.45) is 1.41. The predicted molar refractivity (Wildman–Crippen MR) is 64.2 cm³/mol. The first-order valence-corrected chi connectivity index (χ1v) is 6.15. The van der Waals surface area contributed by atoms with E-state index in [2.05, 4.69) is 25.8 Å². The fourth-order valence-corrected chi connectivity index (χ4v) is 2.38. The molecule has 0 aliphatic rings. The van der Waals surface area contributed by atoms with E-state index in [4.69, 9.17) is 5.84 Å². The molecule has 0 aromatic carbocycles. The molecule has 0 saturated carbocycles. The van der Waals surface area contributed by atoms with Crippen LogP contribution in [0.15, 0.2) is 5.38 Å². The van der Waals surface area contributed by atoms with Crippen molar-refractivity contribution < 1.29 is 0 Å². The predicted octanol–water partition coefficient (Wildman–Crippen LogP) is -0.408. The van der Waals surface area contributed by atoms with Crippen LogP contribution in [0.2, 0.25) is 0 Å². The van der Waals surface area contributed by atoms with Gasteiger partial charge in [0, 0.05) is 30.0 Å². The average Bonchev–Trinajstić information content (AvgIpc) is 2.87. The summed E-state index contributed by atoms with van der Waals surface area (Å²) in [4.78, 5) is 5.85. The fraction of sp³-hybridized carbons (Fsp3) is 0.556. The minimum absolute atomic E-state index is 0.0738. The first-order chi connectivity index (χ1) is 8.17. The second-order valence-electron chi connectivity index (χ2n) is 3.85. The van der Waals surface area contributed by atoms with Gasteiger partial charge < -0.3 is 0 Å². The Hall–Kier alpha value is -1.38. The lowest BCUT2D eigenvalue weighted by Crippen LogP contribution is -2.38. The Morgan fingerprint density at radius 2 is 2.35 bits per heavy atom. The van der Waals surface area contributed by atoms with Crippen LogP contribution >= 0.6 is 11.3 Å². The molecule has 2 aromatic rings. The lowest BCUT2D eigenvalue weighted by atomic mass is 10.1. The zero-order valence-electron chi connectivity index (χ0n) is 9.79. The fourth-order valence-electron chi connectivity index (χ4n) is 1.52. The second-order valence-corrected chi connectivity index (χ2v) is 4.79. The maximum atomic E-state index is 5.53. The average molecular weight is 253 g/mol. The van der Waals surface area contributed by atoms with Crippen molar-refractivity contribution >= 4 is 11.3 Å². The van der Waals surface area contributed by atoms with Crippen LogP contribution in [0.25, 0.3) is 0 Å². The second kappa shape index (κ2) is 5.30. The molecule has 1 atom stereocenters. The Morgan fingerprint density at radius 1 is 1.53 bits per heavy atom. The zero-order valence-corrected chi connectivity index (χ0v) is 10.6. The zero-order chi connectivity index (χ0) is 12.3. The molecule has 8 heteroatoms. The number of nitrogens with zero attached hydrogens (tertiary/aromatic N) is 5. The minimum atomic E-state index is 0.0738. The quantitative estimate of drug-likeness (QED) is 0.556. The van der Waals surface area contributed by atoms with Crippen molar-refractivity contribution in [1.29, 1.82) is 0 Å². The van der Waals surface area contributed by atoms with E-state index < -0.39 is 0 Å². The molecule has 92 valence electrons. The third-order valence-electron chi connectivity index (χ3n) is 2.30. The molecule has 17 heavy (non-hydrogen) atoms. The number of hydrogen-bond donors (Lipinski definition) is 2. The highest BCUT2D eigenvalue weighted by molar-refractivity contribution is 7.09. The van der Waals surface area contributed by atoms with Crippen molar-refractivity contribution in [3.8, 4) is 0 Å². The molecule has 2 heterocycles. The highest BCUT2D eigenvalue weighted by Crippen LogP contribution is 2.12. The van der Waals surface area contributed by atoms with Crippen molar-refractivity contribution in [3.05, 3.63) is 21.9 Å². The molecule has 0 spiro atoms. The topological polar surface area (TPSA) is 94.5 Å². The van der Waals surface area contributed by atoms with Crippen molar-refractivity contribution in [2.45, 2.75) is 25.8 Å². The molecule has 0 saturated heterocycles. The van der Waals surface area contributed by atoms with Gasteiger partial charge in [-0.05, 0) is 12.1 Å². The van der Waals surface area contributed by atoms with Gasteiger partial charge >= 0.3 is 0 Å². The molecule has 1 unspecified atom stereocenters. The van der Waals surface area contributed by atoms with Gasteiger partial charge in [0.25, 0.3) is 0 Å². The lowest BCUT2D eigenvalue weighted by molar-refractivity contribution is 0.508. The van der Waals surface area contributed by atoms with E-state index in [-0.39, 0.29) is 6.04 Å². The third kappa shape index (κ3) is 3.29. The Balaban J connectivity index is 1.97. The normalized spacial score (nSPS) is 12.9. The van der Waals surface area contributed by atoms with Crippen molar-refractivity contribution in [2.75, 3.05) is 0 Å². The third-order valence-corrected chi connectivity index (χ3v) is 3.29. The van der Waals surface area contributed by atoms with Crippen molar-refractivity contribution in [1.82, 2.24) is 30.6 Å². The number of hydrazine groups is 1. The summed E-state index contributed by atoms with van der Waals surface area (Å²) in [5.41, 5.74) is 3.81. The molecule has 0 aliphatic heterocycles. The first kappa shape index (κ1) is 12.1. The number of tetrazole rings is 1. The summed E-state index contributed by atoms with van der Waals surface area (Å²) < 4.78 is 0. The summed E-state index contributed by atoms with van der Waals surface area (Å²) in [7, 11) is 1.74. The molecular formula is C9H15N7S. The smallest absolute Gasteiger partial charge is 0.176 e. The van der Waals surface area contributed by atoms with E-state index in [1.54, 1.807) is 18.4 Å². The Labute approximate surface area is 103 Å². The van der Waals surface area contributed by atoms with Gasteiger partial charge in [-0.25, -0.2) is 4.98 Å². The molecule has 0 radical (unpaired) electrons. The molecule has 0 fully saturated rings. The SMILES string of the molecule is Cc1csc(CC(Cc2nnn(C)n2)NN)n1. The van der Waals surface area contributed by atoms with E-state index in [1.165, 1.54) is 4.80 Å². The minimum Gasteiger partial charge on any atom is -0.271 e. The van der Waals surface area contributed by atoms with Gasteiger partial charge in [-0.3, -0.25) is 11.3 Å². The highest BCUT2D eigenvalue weighted by Gasteiger charge is 2.14. The summed E-state index contributed by atoms with van der Waals surface area (Å²) in [6.45, 7) is 1.98. The van der Waals surface area contributed by atoms with Crippen LogP contribution in [0.1, 0.15) is 16.5 Å². The molecule has 0 amide bonds. The number of nitrogens with two attached hydrogens (primary N) is 1. The number of aryl methyl sites for hydroxylation is 2. The molecule has 7 nitrogen and oxygen atoms in total. The van der Waals surface area contributed by atoms with Crippen LogP contribution in [0.4, 0.5) is 0 Å². The number of thiazole rings is 1. The Bertz CT molecular complexity index is 435. The molecule has 2 aromatic heterocycles. The summed E-state index contributed by atoms with van der Waals surface area (Å²) in [5, 5.41) is 15.0. The Morgan fingerprint density at radius 3 is 2.88 bits per heavy atom. The highest BCUT2D eigenvalue weighted by atomic mass is 32.1. The maximum Gasteiger partial charge on any atom is 0.176 e. The van der Waals surface area contributed by atoms with Crippen LogP contribution in [0.3, 0.4) is 0 Å². The van der Waals surface area contributed by atoms with E-state index in [9.17, 15) is 0 Å². The summed E-state index contributed by atoms with van der Waals surface area (Å²) in [6, 6.07) is 0.0738. The van der Waals surface area contributed by atoms with Gasteiger partial charge in [-0.2, -0.15) is 4.80 Å². The van der Waals surface area contributed by atoms with E-state index >= 15 is 0 Å². The van der Waals surface area contributed by atoms with E-state index in [1.807, 2.05) is 12.3 Å². The molecule has 2 rings (SSSR count). The number of aromatic nitrogens is 5. The largest absolute Gasteiger partial charge is 0.271 e. The van der Waals surface area contributed by atoms with Gasteiger partial charge in [0.05, 0.1) is 12.1 Å². The molecule has 0 aliphatic carbocycles. The van der Waals surface area contributed by atoms with Gasteiger partial charge in [0.1, 0.15) is 0 Å². The summed E-state index contributed by atoms with van der Waals surface area (Å²) >= 11 is 1.64. The monoisotopic (exact) mass is 253 g/mol. The number of rotatable bonds is 5. The number of hydrogen-bond acceptors (Lipinski definition) is 7. The van der Waals surface area contributed by atoms with Gasteiger partial charge in [0.15, 0.2) is 5.82 Å². The van der Waals surface area contributed by atoms with Gasteiger partial charge in [-0.15, -0.1) is 21.5 Å². The van der Waals surface area contributed by atoms with Crippen LogP contribution < -0.4 is 11.3 Å². The number of nitrogens with one attached hydrogen (secondary N) is 1. The van der Waals surface area contributed by atoms with E-state index in [0.29, 0.717) is 12.2 Å². The van der Waals surface area contributed by atoms with Crippen molar-refractivity contribution in [3.63, 3.8) is 0 Å². The Kier molecular flexibility index (Phi) is 3.77. The van der Waals surface area contributed by atoms with Crippen molar-refractivity contribution in [2.24, 2.45) is 12.9 Å².